The van der Waals surface area contributed by atoms with Crippen molar-refractivity contribution >= 4 is 34.8 Å². The van der Waals surface area contributed by atoms with E-state index in [1.807, 2.05) is 24.3 Å². The molecule has 0 amide bonds. The minimum absolute atomic E-state index is 0.234. The molecule has 4 nitrogen and oxygen atoms in total. The van der Waals surface area contributed by atoms with E-state index < -0.39 is 5.82 Å². The summed E-state index contributed by atoms with van der Waals surface area (Å²) in [5.41, 5.74) is 4.67. The molecule has 0 aliphatic carbocycles. The first-order chi connectivity index (χ1) is 9.74. The number of fused-ring (bicyclic) bond motifs is 1. The zero-order chi connectivity index (χ0) is 13.9. The topological polar surface area (TPSA) is 53.1 Å². The van der Waals surface area contributed by atoms with Gasteiger partial charge in [0.1, 0.15) is 5.82 Å². The Labute approximate surface area is 119 Å². The summed E-state index contributed by atoms with van der Waals surface area (Å²) >= 11 is 5.89. The monoisotopic (exact) mass is 288 g/mol. The number of anilines is 1. The van der Waals surface area contributed by atoms with Crippen LogP contribution in [-0.4, -0.2) is 16.2 Å². The van der Waals surface area contributed by atoms with Crippen LogP contribution in [0.15, 0.2) is 47.6 Å². The number of para-hydroxylation sites is 2. The summed E-state index contributed by atoms with van der Waals surface area (Å²) in [6, 6.07) is 12.1. The van der Waals surface area contributed by atoms with Crippen LogP contribution < -0.4 is 5.43 Å². The summed E-state index contributed by atoms with van der Waals surface area (Å²) in [5.74, 6) is 0.0579. The number of nitrogens with zero attached hydrogens (tertiary/aromatic N) is 2. The minimum atomic E-state index is -0.423. The van der Waals surface area contributed by atoms with E-state index in [0.717, 1.165) is 11.0 Å². The molecule has 100 valence electrons. The predicted octanol–water partition coefficient (Wildman–Crippen LogP) is 3.80. The lowest BCUT2D eigenvalue weighted by Crippen LogP contribution is -1.95. The number of aromatic nitrogens is 2. The third-order valence-corrected chi connectivity index (χ3v) is 3.08. The number of hydrogen-bond donors (Lipinski definition) is 2. The van der Waals surface area contributed by atoms with Gasteiger partial charge in [0.25, 0.3) is 0 Å². The Morgan fingerprint density at radius 3 is 2.85 bits per heavy atom. The van der Waals surface area contributed by atoms with Crippen molar-refractivity contribution in [1.29, 1.82) is 0 Å². The van der Waals surface area contributed by atoms with Gasteiger partial charge in [0, 0.05) is 5.56 Å². The first kappa shape index (κ1) is 12.6. The van der Waals surface area contributed by atoms with E-state index in [1.165, 1.54) is 12.3 Å². The summed E-state index contributed by atoms with van der Waals surface area (Å²) < 4.78 is 13.5. The van der Waals surface area contributed by atoms with Crippen LogP contribution >= 0.6 is 11.6 Å². The van der Waals surface area contributed by atoms with E-state index in [0.29, 0.717) is 11.0 Å². The zero-order valence-electron chi connectivity index (χ0n) is 10.3. The molecule has 0 unspecified atom stereocenters. The highest BCUT2D eigenvalue weighted by Crippen LogP contribution is 2.17. The molecule has 0 radical (unpaired) electrons. The van der Waals surface area contributed by atoms with Gasteiger partial charge in [0.2, 0.25) is 5.95 Å². The Balaban J connectivity index is 1.80. The highest BCUT2D eigenvalue weighted by atomic mass is 35.5. The van der Waals surface area contributed by atoms with E-state index in [1.54, 1.807) is 12.1 Å². The Kier molecular flexibility index (Phi) is 3.35. The maximum Gasteiger partial charge on any atom is 0.222 e. The van der Waals surface area contributed by atoms with Gasteiger partial charge in [-0.3, -0.25) is 0 Å². The van der Waals surface area contributed by atoms with E-state index in [-0.39, 0.29) is 5.56 Å². The molecule has 2 N–H and O–H groups in total. The first-order valence-electron chi connectivity index (χ1n) is 5.92. The average molecular weight is 289 g/mol. The second-order valence-electron chi connectivity index (χ2n) is 4.11. The van der Waals surface area contributed by atoms with Gasteiger partial charge in [0.05, 0.1) is 22.3 Å². The Bertz CT molecular complexity index is 728. The van der Waals surface area contributed by atoms with E-state index in [4.69, 9.17) is 11.6 Å². The van der Waals surface area contributed by atoms with Crippen LogP contribution in [0.5, 0.6) is 0 Å². The zero-order valence-corrected chi connectivity index (χ0v) is 11.0. The molecule has 0 fully saturated rings. The molecular weight excluding hydrogens is 279 g/mol. The molecule has 0 aliphatic heterocycles. The van der Waals surface area contributed by atoms with E-state index in [9.17, 15) is 4.39 Å². The third-order valence-electron chi connectivity index (χ3n) is 2.75. The predicted molar refractivity (Wildman–Crippen MR) is 78.7 cm³/mol. The number of hydrogen-bond acceptors (Lipinski definition) is 3. The normalized spacial score (nSPS) is 11.3. The van der Waals surface area contributed by atoms with Crippen LogP contribution in [-0.2, 0) is 0 Å². The van der Waals surface area contributed by atoms with Crippen LogP contribution in [0, 0.1) is 5.82 Å². The van der Waals surface area contributed by atoms with Gasteiger partial charge in [-0.1, -0.05) is 29.8 Å². The highest BCUT2D eigenvalue weighted by molar-refractivity contribution is 6.33. The quantitative estimate of drug-likeness (QED) is 0.569. The Hall–Kier alpha value is -2.40. The number of imidazole rings is 1. The van der Waals surface area contributed by atoms with Crippen molar-refractivity contribution in [2.75, 3.05) is 5.43 Å². The van der Waals surface area contributed by atoms with Crippen molar-refractivity contribution in [2.45, 2.75) is 0 Å². The van der Waals surface area contributed by atoms with Gasteiger partial charge in [0.15, 0.2) is 0 Å². The first-order valence-corrected chi connectivity index (χ1v) is 6.29. The van der Waals surface area contributed by atoms with Gasteiger partial charge in [-0.2, -0.15) is 5.10 Å². The molecule has 20 heavy (non-hydrogen) atoms. The fourth-order valence-corrected chi connectivity index (χ4v) is 2.01. The van der Waals surface area contributed by atoms with E-state index in [2.05, 4.69) is 20.5 Å². The molecule has 0 saturated carbocycles. The lowest BCUT2D eigenvalue weighted by atomic mass is 10.2. The fraction of sp³-hybridized carbons (Fsp3) is 0. The summed E-state index contributed by atoms with van der Waals surface area (Å²) in [4.78, 5) is 7.33. The van der Waals surface area contributed by atoms with Gasteiger partial charge < -0.3 is 4.98 Å². The maximum absolute atomic E-state index is 13.5. The number of hydrazone groups is 1. The number of aromatic amines is 1. The largest absolute Gasteiger partial charge is 0.323 e. The van der Waals surface area contributed by atoms with Gasteiger partial charge in [-0.05, 0) is 24.3 Å². The Morgan fingerprint density at radius 1 is 1.20 bits per heavy atom. The van der Waals surface area contributed by atoms with Crippen LogP contribution in [0.3, 0.4) is 0 Å². The summed E-state index contributed by atoms with van der Waals surface area (Å²) in [6.45, 7) is 0. The molecule has 3 aromatic rings. The number of benzene rings is 2. The maximum atomic E-state index is 13.5. The molecule has 0 bridgehead atoms. The average Bonchev–Trinajstić information content (AvgIpc) is 2.84. The minimum Gasteiger partial charge on any atom is -0.323 e. The van der Waals surface area contributed by atoms with Crippen LogP contribution in [0.4, 0.5) is 10.3 Å². The molecule has 0 aliphatic rings. The van der Waals surface area contributed by atoms with Gasteiger partial charge in [-0.15, -0.1) is 0 Å². The molecule has 1 aromatic heterocycles. The highest BCUT2D eigenvalue weighted by Gasteiger charge is 2.04. The SMILES string of the molecule is Fc1cccc(Cl)c1/C=N\Nc1nc2ccccc2[nH]1. The molecule has 3 rings (SSSR count). The number of nitrogens with one attached hydrogen (secondary N) is 2. The smallest absolute Gasteiger partial charge is 0.222 e. The molecule has 0 atom stereocenters. The summed E-state index contributed by atoms with van der Waals surface area (Å²) in [7, 11) is 0. The molecule has 1 heterocycles. The lowest BCUT2D eigenvalue weighted by molar-refractivity contribution is 0.626. The van der Waals surface area contributed by atoms with Crippen molar-refractivity contribution in [2.24, 2.45) is 5.10 Å². The van der Waals surface area contributed by atoms with Crippen LogP contribution in [0.2, 0.25) is 5.02 Å². The molecular formula is C14H10ClFN4. The second-order valence-corrected chi connectivity index (χ2v) is 4.52. The second kappa shape index (κ2) is 5.30. The Morgan fingerprint density at radius 2 is 2.05 bits per heavy atom. The van der Waals surface area contributed by atoms with Crippen molar-refractivity contribution in [1.82, 2.24) is 9.97 Å². The summed E-state index contributed by atoms with van der Waals surface area (Å²) in [5, 5.41) is 4.24. The number of halogens is 2. The third kappa shape index (κ3) is 2.48. The van der Waals surface area contributed by atoms with Crippen LogP contribution in [0.1, 0.15) is 5.56 Å². The van der Waals surface area contributed by atoms with E-state index >= 15 is 0 Å². The lowest BCUT2D eigenvalue weighted by Gasteiger charge is -1.99. The van der Waals surface area contributed by atoms with Crippen LogP contribution in [0.25, 0.3) is 11.0 Å². The van der Waals surface area contributed by atoms with Gasteiger partial charge >= 0.3 is 0 Å². The number of H-pyrrole nitrogens is 1. The standard InChI is InChI=1S/C14H10ClFN4/c15-10-4-3-5-11(16)9(10)8-17-20-14-18-12-6-1-2-7-13(12)19-14/h1-8H,(H2,18,19,20)/b17-8-. The molecule has 0 saturated heterocycles. The summed E-state index contributed by atoms with van der Waals surface area (Å²) in [6.07, 6.45) is 1.32. The molecule has 0 spiro atoms. The van der Waals surface area contributed by atoms with Crippen molar-refractivity contribution in [3.63, 3.8) is 0 Å². The van der Waals surface area contributed by atoms with Crippen molar-refractivity contribution < 1.29 is 4.39 Å². The number of rotatable bonds is 3. The van der Waals surface area contributed by atoms with Crippen molar-refractivity contribution in [3.05, 3.63) is 58.9 Å². The van der Waals surface area contributed by atoms with Crippen molar-refractivity contribution in [3.8, 4) is 0 Å². The molecule has 2 aromatic carbocycles. The van der Waals surface area contributed by atoms with Gasteiger partial charge in [-0.25, -0.2) is 14.8 Å². The molecule has 6 heteroatoms. The fourth-order valence-electron chi connectivity index (χ4n) is 1.80.